The first-order valence-electron chi connectivity index (χ1n) is 7.34. The highest BCUT2D eigenvalue weighted by atomic mass is 16.5. The lowest BCUT2D eigenvalue weighted by Crippen LogP contribution is -2.46. The minimum absolute atomic E-state index is 0.173. The summed E-state index contributed by atoms with van der Waals surface area (Å²) in [4.78, 5) is 0. The molecule has 0 amide bonds. The molecule has 3 rings (SSSR count). The Morgan fingerprint density at radius 1 is 1.30 bits per heavy atom. The van der Waals surface area contributed by atoms with Crippen molar-refractivity contribution in [2.45, 2.75) is 44.3 Å². The van der Waals surface area contributed by atoms with Crippen LogP contribution in [0.5, 0.6) is 11.5 Å². The Balaban J connectivity index is 1.72. The Morgan fingerprint density at radius 2 is 2.05 bits per heavy atom. The van der Waals surface area contributed by atoms with Crippen LogP contribution in [-0.2, 0) is 6.42 Å². The second-order valence-electron chi connectivity index (χ2n) is 6.55. The van der Waals surface area contributed by atoms with Crippen molar-refractivity contribution in [3.8, 4) is 11.5 Å². The number of nitrogens with one attached hydrogen (secondary N) is 1. The first-order chi connectivity index (χ1) is 9.48. The van der Waals surface area contributed by atoms with E-state index in [2.05, 4.69) is 25.2 Å². The zero-order chi connectivity index (χ0) is 14.2. The Kier molecular flexibility index (Phi) is 3.38. The highest BCUT2D eigenvalue weighted by Gasteiger charge is 2.34. The lowest BCUT2D eigenvalue weighted by molar-refractivity contribution is -0.0295. The molecule has 0 aliphatic carbocycles. The summed E-state index contributed by atoms with van der Waals surface area (Å²) in [6, 6.07) is 5.99. The summed E-state index contributed by atoms with van der Waals surface area (Å²) >= 11 is 0. The number of aliphatic hydroxyl groups is 1. The molecule has 20 heavy (non-hydrogen) atoms. The molecule has 2 N–H and O–H groups in total. The van der Waals surface area contributed by atoms with Gasteiger partial charge in [0.2, 0.25) is 0 Å². The van der Waals surface area contributed by atoms with Gasteiger partial charge in [-0.2, -0.15) is 0 Å². The highest BCUT2D eigenvalue weighted by Crippen LogP contribution is 2.42. The zero-order valence-electron chi connectivity index (χ0n) is 12.2. The molecule has 4 heteroatoms. The first kappa shape index (κ1) is 13.7. The third-order valence-electron chi connectivity index (χ3n) is 4.09. The van der Waals surface area contributed by atoms with E-state index in [1.807, 2.05) is 12.1 Å². The van der Waals surface area contributed by atoms with Crippen molar-refractivity contribution < 1.29 is 14.6 Å². The number of fused-ring (bicyclic) bond motifs is 1. The number of hydrogen-bond donors (Lipinski definition) is 2. The van der Waals surface area contributed by atoms with E-state index in [0.717, 1.165) is 43.9 Å². The van der Waals surface area contributed by atoms with E-state index >= 15 is 0 Å². The van der Waals surface area contributed by atoms with Crippen molar-refractivity contribution in [1.82, 2.24) is 5.32 Å². The van der Waals surface area contributed by atoms with E-state index in [-0.39, 0.29) is 5.60 Å². The summed E-state index contributed by atoms with van der Waals surface area (Å²) in [7, 11) is 0. The minimum atomic E-state index is -0.720. The van der Waals surface area contributed by atoms with Crippen LogP contribution in [0.3, 0.4) is 0 Å². The van der Waals surface area contributed by atoms with Crippen LogP contribution in [-0.4, -0.2) is 36.0 Å². The number of benzene rings is 1. The van der Waals surface area contributed by atoms with Gasteiger partial charge in [0.15, 0.2) is 11.5 Å². The number of para-hydroxylation sites is 1. The highest BCUT2D eigenvalue weighted by molar-refractivity contribution is 5.50. The molecule has 1 fully saturated rings. The van der Waals surface area contributed by atoms with Crippen molar-refractivity contribution in [2.75, 3.05) is 19.7 Å². The summed E-state index contributed by atoms with van der Waals surface area (Å²) in [5.41, 5.74) is 0.292. The van der Waals surface area contributed by atoms with Gasteiger partial charge in [-0.1, -0.05) is 12.1 Å². The lowest BCUT2D eigenvalue weighted by Gasteiger charge is -2.32. The predicted molar refractivity (Wildman–Crippen MR) is 77.4 cm³/mol. The molecule has 0 radical (unpaired) electrons. The van der Waals surface area contributed by atoms with Crippen LogP contribution in [0.4, 0.5) is 0 Å². The van der Waals surface area contributed by atoms with Crippen LogP contribution in [0, 0.1) is 0 Å². The molecule has 2 aliphatic rings. The fraction of sp³-hybridized carbons (Fsp3) is 0.625. The van der Waals surface area contributed by atoms with Gasteiger partial charge in [-0.3, -0.25) is 0 Å². The molecular weight excluding hydrogens is 254 g/mol. The SMILES string of the molecule is CC1(C)Cc2cccc(OCC3(O)CCNCC3)c2O1. The summed E-state index contributed by atoms with van der Waals surface area (Å²) in [5.74, 6) is 1.59. The normalized spacial score (nSPS) is 22.9. The van der Waals surface area contributed by atoms with Gasteiger partial charge in [-0.05, 0) is 45.8 Å². The molecule has 4 nitrogen and oxygen atoms in total. The molecule has 1 aromatic carbocycles. The topological polar surface area (TPSA) is 50.7 Å². The van der Waals surface area contributed by atoms with Crippen molar-refractivity contribution in [1.29, 1.82) is 0 Å². The maximum Gasteiger partial charge on any atom is 0.165 e. The maximum absolute atomic E-state index is 10.5. The lowest BCUT2D eigenvalue weighted by atomic mass is 9.93. The quantitative estimate of drug-likeness (QED) is 0.886. The van der Waals surface area contributed by atoms with Gasteiger partial charge in [-0.15, -0.1) is 0 Å². The van der Waals surface area contributed by atoms with Gasteiger partial charge < -0.3 is 19.9 Å². The minimum Gasteiger partial charge on any atom is -0.487 e. The summed E-state index contributed by atoms with van der Waals surface area (Å²) < 4.78 is 11.9. The Bertz CT molecular complexity index is 492. The van der Waals surface area contributed by atoms with Crippen LogP contribution in [0.2, 0.25) is 0 Å². The Morgan fingerprint density at radius 3 is 2.80 bits per heavy atom. The fourth-order valence-electron chi connectivity index (χ4n) is 2.95. The third kappa shape index (κ3) is 2.76. The molecule has 0 saturated carbocycles. The van der Waals surface area contributed by atoms with Gasteiger partial charge in [0, 0.05) is 12.0 Å². The largest absolute Gasteiger partial charge is 0.487 e. The van der Waals surface area contributed by atoms with Gasteiger partial charge in [0.1, 0.15) is 17.8 Å². The van der Waals surface area contributed by atoms with Crippen LogP contribution in [0.15, 0.2) is 18.2 Å². The van der Waals surface area contributed by atoms with Crippen LogP contribution in [0.25, 0.3) is 0 Å². The molecule has 0 spiro atoms. The molecule has 0 unspecified atom stereocenters. The summed E-state index contributed by atoms with van der Waals surface area (Å²) in [6.45, 7) is 6.18. The molecule has 0 bridgehead atoms. The third-order valence-corrected chi connectivity index (χ3v) is 4.09. The van der Waals surface area contributed by atoms with E-state index in [0.29, 0.717) is 6.61 Å². The molecule has 1 saturated heterocycles. The van der Waals surface area contributed by atoms with Crippen LogP contribution < -0.4 is 14.8 Å². The van der Waals surface area contributed by atoms with Crippen molar-refractivity contribution >= 4 is 0 Å². The second kappa shape index (κ2) is 4.93. The first-order valence-corrected chi connectivity index (χ1v) is 7.34. The van der Waals surface area contributed by atoms with Gasteiger partial charge >= 0.3 is 0 Å². The predicted octanol–water partition coefficient (Wildman–Crippen LogP) is 1.89. The van der Waals surface area contributed by atoms with Gasteiger partial charge in [-0.25, -0.2) is 0 Å². The zero-order valence-corrected chi connectivity index (χ0v) is 12.2. The number of rotatable bonds is 3. The molecular formula is C16H23NO3. The number of piperidine rings is 1. The Hall–Kier alpha value is -1.26. The van der Waals surface area contributed by atoms with Crippen LogP contribution >= 0.6 is 0 Å². The van der Waals surface area contributed by atoms with Crippen molar-refractivity contribution in [2.24, 2.45) is 0 Å². The monoisotopic (exact) mass is 277 g/mol. The van der Waals surface area contributed by atoms with Crippen molar-refractivity contribution in [3.63, 3.8) is 0 Å². The molecule has 0 aromatic heterocycles. The van der Waals surface area contributed by atoms with E-state index in [4.69, 9.17) is 9.47 Å². The van der Waals surface area contributed by atoms with E-state index < -0.39 is 5.60 Å². The van der Waals surface area contributed by atoms with Gasteiger partial charge in [0.05, 0.1) is 0 Å². The van der Waals surface area contributed by atoms with E-state index in [9.17, 15) is 5.11 Å². The molecule has 2 aliphatic heterocycles. The van der Waals surface area contributed by atoms with Crippen molar-refractivity contribution in [3.05, 3.63) is 23.8 Å². The van der Waals surface area contributed by atoms with Crippen LogP contribution in [0.1, 0.15) is 32.3 Å². The molecule has 110 valence electrons. The number of hydrogen-bond acceptors (Lipinski definition) is 4. The molecule has 2 heterocycles. The Labute approximate surface area is 120 Å². The van der Waals surface area contributed by atoms with E-state index in [1.54, 1.807) is 0 Å². The smallest absolute Gasteiger partial charge is 0.165 e. The number of ether oxygens (including phenoxy) is 2. The molecule has 1 aromatic rings. The van der Waals surface area contributed by atoms with E-state index in [1.165, 1.54) is 5.56 Å². The average Bonchev–Trinajstić information content (AvgIpc) is 2.71. The maximum atomic E-state index is 10.5. The summed E-state index contributed by atoms with van der Waals surface area (Å²) in [6.07, 6.45) is 2.36. The fourth-order valence-corrected chi connectivity index (χ4v) is 2.95. The summed E-state index contributed by atoms with van der Waals surface area (Å²) in [5, 5.41) is 13.7. The average molecular weight is 277 g/mol. The standard InChI is InChI=1S/C16H23NO3/c1-15(2)10-12-4-3-5-13(14(12)20-15)19-11-16(18)6-8-17-9-7-16/h3-5,17-18H,6-11H2,1-2H3. The second-order valence-corrected chi connectivity index (χ2v) is 6.55. The van der Waals surface area contributed by atoms with Gasteiger partial charge in [0.25, 0.3) is 0 Å². The molecule has 0 atom stereocenters.